The maximum atomic E-state index is 13.4. The fourth-order valence-corrected chi connectivity index (χ4v) is 3.90. The minimum absolute atomic E-state index is 0.0241. The molecule has 1 aliphatic rings. The molecule has 1 aromatic heterocycles. The molecule has 1 heterocycles. The van der Waals surface area contributed by atoms with Crippen molar-refractivity contribution in [3.8, 4) is 16.9 Å². The Bertz CT molecular complexity index is 1200. The van der Waals surface area contributed by atoms with Crippen LogP contribution in [0, 0.1) is 0 Å². The SMILES string of the molecule is Nc1ccccc1-n1c2c(c3ccccc3c1=O)Cc1ccccc1-2. The lowest BCUT2D eigenvalue weighted by molar-refractivity contribution is 1.01. The molecule has 0 aliphatic heterocycles. The van der Waals surface area contributed by atoms with E-state index < -0.39 is 0 Å². The zero-order chi connectivity index (χ0) is 17.0. The van der Waals surface area contributed by atoms with Gasteiger partial charge in [0.2, 0.25) is 0 Å². The summed E-state index contributed by atoms with van der Waals surface area (Å²) in [7, 11) is 0. The molecule has 0 amide bonds. The maximum absolute atomic E-state index is 13.4. The summed E-state index contributed by atoms with van der Waals surface area (Å²) in [6, 6.07) is 23.7. The van der Waals surface area contributed by atoms with Crippen LogP contribution >= 0.6 is 0 Å². The highest BCUT2D eigenvalue weighted by Crippen LogP contribution is 2.40. The molecule has 0 unspecified atom stereocenters. The summed E-state index contributed by atoms with van der Waals surface area (Å²) in [5.74, 6) is 0. The number of hydrogen-bond donors (Lipinski definition) is 1. The van der Waals surface area contributed by atoms with Crippen LogP contribution in [-0.4, -0.2) is 4.57 Å². The molecule has 0 spiro atoms. The molecular weight excluding hydrogens is 308 g/mol. The Morgan fingerprint density at radius 2 is 1.48 bits per heavy atom. The number of nitrogens with zero attached hydrogens (tertiary/aromatic N) is 1. The molecule has 0 fully saturated rings. The van der Waals surface area contributed by atoms with Gasteiger partial charge in [-0.25, -0.2) is 0 Å². The summed E-state index contributed by atoms with van der Waals surface area (Å²) in [5, 5.41) is 1.77. The van der Waals surface area contributed by atoms with Crippen molar-refractivity contribution in [1.82, 2.24) is 4.57 Å². The zero-order valence-electron chi connectivity index (χ0n) is 13.6. The molecule has 5 rings (SSSR count). The fourth-order valence-electron chi connectivity index (χ4n) is 3.90. The van der Waals surface area contributed by atoms with Crippen LogP contribution in [0.1, 0.15) is 11.1 Å². The third-order valence-electron chi connectivity index (χ3n) is 5.01. The predicted molar refractivity (Wildman–Crippen MR) is 102 cm³/mol. The molecule has 3 aromatic carbocycles. The van der Waals surface area contributed by atoms with Crippen molar-refractivity contribution in [3.05, 3.63) is 94.3 Å². The van der Waals surface area contributed by atoms with Crippen molar-refractivity contribution >= 4 is 16.5 Å². The number of rotatable bonds is 1. The van der Waals surface area contributed by atoms with Gasteiger partial charge in [-0.15, -0.1) is 0 Å². The summed E-state index contributed by atoms with van der Waals surface area (Å²) >= 11 is 0. The molecule has 0 saturated carbocycles. The van der Waals surface area contributed by atoms with Gasteiger partial charge in [-0.1, -0.05) is 54.6 Å². The maximum Gasteiger partial charge on any atom is 0.263 e. The molecule has 3 nitrogen and oxygen atoms in total. The Labute approximate surface area is 145 Å². The van der Waals surface area contributed by atoms with Gasteiger partial charge in [-0.05, 0) is 34.7 Å². The van der Waals surface area contributed by atoms with Crippen LogP contribution in [0.3, 0.4) is 0 Å². The standard InChI is InChI=1S/C22H16N2O/c23-19-11-5-6-12-20(19)24-21-15-8-2-1-7-14(15)13-18(21)16-9-3-4-10-17(16)22(24)25/h1-12H,13,23H2. The number of fused-ring (bicyclic) bond motifs is 5. The summed E-state index contributed by atoms with van der Waals surface area (Å²) in [6.07, 6.45) is 0.832. The number of aromatic nitrogens is 1. The van der Waals surface area contributed by atoms with Crippen molar-refractivity contribution < 1.29 is 0 Å². The van der Waals surface area contributed by atoms with Crippen LogP contribution in [0.5, 0.6) is 0 Å². The van der Waals surface area contributed by atoms with Crippen molar-refractivity contribution in [2.45, 2.75) is 6.42 Å². The first kappa shape index (κ1) is 14.1. The van der Waals surface area contributed by atoms with E-state index in [1.54, 1.807) is 4.57 Å². The highest BCUT2D eigenvalue weighted by atomic mass is 16.1. The normalized spacial score (nSPS) is 12.2. The number of nitrogens with two attached hydrogens (primary N) is 1. The first-order valence-corrected chi connectivity index (χ1v) is 8.35. The highest BCUT2D eigenvalue weighted by Gasteiger charge is 2.26. The van der Waals surface area contributed by atoms with E-state index in [-0.39, 0.29) is 5.56 Å². The summed E-state index contributed by atoms with van der Waals surface area (Å²) < 4.78 is 1.79. The topological polar surface area (TPSA) is 48.0 Å². The van der Waals surface area contributed by atoms with Crippen molar-refractivity contribution in [3.63, 3.8) is 0 Å². The van der Waals surface area contributed by atoms with Gasteiger partial charge >= 0.3 is 0 Å². The van der Waals surface area contributed by atoms with Gasteiger partial charge in [0.1, 0.15) is 0 Å². The van der Waals surface area contributed by atoms with E-state index in [1.165, 1.54) is 11.1 Å². The number of pyridine rings is 1. The van der Waals surface area contributed by atoms with Crippen LogP contribution in [0.15, 0.2) is 77.6 Å². The van der Waals surface area contributed by atoms with Crippen LogP contribution in [0.2, 0.25) is 0 Å². The van der Waals surface area contributed by atoms with Gasteiger partial charge in [0.25, 0.3) is 5.56 Å². The molecule has 0 bridgehead atoms. The third-order valence-corrected chi connectivity index (χ3v) is 5.01. The summed E-state index contributed by atoms with van der Waals surface area (Å²) in [4.78, 5) is 13.4. The second kappa shape index (κ2) is 5.08. The van der Waals surface area contributed by atoms with Gasteiger partial charge < -0.3 is 5.73 Å². The van der Waals surface area contributed by atoms with E-state index in [9.17, 15) is 4.79 Å². The minimum Gasteiger partial charge on any atom is -0.397 e. The molecule has 25 heavy (non-hydrogen) atoms. The molecular formula is C22H16N2O. The minimum atomic E-state index is -0.0241. The lowest BCUT2D eigenvalue weighted by atomic mass is 10.0. The van der Waals surface area contributed by atoms with Gasteiger partial charge in [0, 0.05) is 17.4 Å². The predicted octanol–water partition coefficient (Wildman–Crippen LogP) is 4.14. The zero-order valence-corrected chi connectivity index (χ0v) is 13.6. The van der Waals surface area contributed by atoms with E-state index >= 15 is 0 Å². The quantitative estimate of drug-likeness (QED) is 0.471. The molecule has 1 aliphatic carbocycles. The summed E-state index contributed by atoms with van der Waals surface area (Å²) in [6.45, 7) is 0. The molecule has 120 valence electrons. The number of benzene rings is 3. The second-order valence-corrected chi connectivity index (χ2v) is 6.41. The molecule has 0 saturated heterocycles. The lowest BCUT2D eigenvalue weighted by Gasteiger charge is -2.17. The Kier molecular flexibility index (Phi) is 2.86. The van der Waals surface area contributed by atoms with Gasteiger partial charge in [-0.3, -0.25) is 9.36 Å². The third kappa shape index (κ3) is 1.89. The van der Waals surface area contributed by atoms with Crippen molar-refractivity contribution in [2.75, 3.05) is 5.73 Å². The molecule has 2 N–H and O–H groups in total. The van der Waals surface area contributed by atoms with Gasteiger partial charge in [0.05, 0.1) is 17.1 Å². The average molecular weight is 324 g/mol. The Morgan fingerprint density at radius 3 is 2.32 bits per heavy atom. The van der Waals surface area contributed by atoms with Crippen molar-refractivity contribution in [2.24, 2.45) is 0 Å². The molecule has 4 aromatic rings. The van der Waals surface area contributed by atoms with E-state index in [2.05, 4.69) is 12.1 Å². The smallest absolute Gasteiger partial charge is 0.263 e. The second-order valence-electron chi connectivity index (χ2n) is 6.41. The lowest BCUT2D eigenvalue weighted by Crippen LogP contribution is -2.22. The Hall–Kier alpha value is -3.33. The Morgan fingerprint density at radius 1 is 0.800 bits per heavy atom. The van der Waals surface area contributed by atoms with Crippen LogP contribution in [0.4, 0.5) is 5.69 Å². The molecule has 0 radical (unpaired) electrons. The molecule has 3 heteroatoms. The van der Waals surface area contributed by atoms with Crippen LogP contribution in [-0.2, 0) is 6.42 Å². The fraction of sp³-hybridized carbons (Fsp3) is 0.0455. The number of nitrogen functional groups attached to an aromatic ring is 1. The molecule has 0 atom stereocenters. The van der Waals surface area contributed by atoms with Gasteiger partial charge in [-0.2, -0.15) is 0 Å². The van der Waals surface area contributed by atoms with Crippen LogP contribution in [0.25, 0.3) is 27.7 Å². The first-order valence-electron chi connectivity index (χ1n) is 8.35. The average Bonchev–Trinajstić information content (AvgIpc) is 3.03. The van der Waals surface area contributed by atoms with E-state index in [4.69, 9.17) is 5.73 Å². The number of anilines is 1. The largest absolute Gasteiger partial charge is 0.397 e. The monoisotopic (exact) mass is 324 g/mol. The number of hydrogen-bond acceptors (Lipinski definition) is 2. The van der Waals surface area contributed by atoms with E-state index in [0.717, 1.165) is 34.1 Å². The van der Waals surface area contributed by atoms with E-state index in [0.29, 0.717) is 5.69 Å². The van der Waals surface area contributed by atoms with Crippen LogP contribution < -0.4 is 11.3 Å². The Balaban J connectivity index is 2.02. The van der Waals surface area contributed by atoms with Crippen molar-refractivity contribution in [1.29, 1.82) is 0 Å². The first-order chi connectivity index (χ1) is 12.3. The highest BCUT2D eigenvalue weighted by molar-refractivity contribution is 5.94. The summed E-state index contributed by atoms with van der Waals surface area (Å²) in [5.41, 5.74) is 12.1. The van der Waals surface area contributed by atoms with E-state index in [1.807, 2.05) is 60.7 Å². The van der Waals surface area contributed by atoms with Gasteiger partial charge in [0.15, 0.2) is 0 Å². The number of para-hydroxylation sites is 2.